The number of aliphatic carboxylic acids is 1. The van der Waals surface area contributed by atoms with E-state index >= 15 is 0 Å². The van der Waals surface area contributed by atoms with Crippen molar-refractivity contribution in [3.8, 4) is 5.69 Å². The van der Waals surface area contributed by atoms with Gasteiger partial charge in [0.05, 0.1) is 40.8 Å². The van der Waals surface area contributed by atoms with Gasteiger partial charge in [0, 0.05) is 36.1 Å². The monoisotopic (exact) mass is 555 g/mol. The number of carboxylic acids is 1. The normalized spacial score (nSPS) is 20.6. The van der Waals surface area contributed by atoms with Gasteiger partial charge in [-0.1, -0.05) is 42.1 Å². The van der Waals surface area contributed by atoms with E-state index in [4.69, 9.17) is 0 Å². The number of pyridine rings is 1. The molecule has 1 saturated heterocycles. The first-order valence-corrected chi connectivity index (χ1v) is 13.9. The van der Waals surface area contributed by atoms with E-state index in [0.717, 1.165) is 27.8 Å². The van der Waals surface area contributed by atoms with E-state index in [-0.39, 0.29) is 23.6 Å². The second-order valence-electron chi connectivity index (χ2n) is 10.8. The van der Waals surface area contributed by atoms with Crippen molar-refractivity contribution in [1.29, 1.82) is 0 Å². The summed E-state index contributed by atoms with van der Waals surface area (Å²) in [6, 6.07) is 18.4. The number of amides is 1. The van der Waals surface area contributed by atoms with E-state index < -0.39 is 11.4 Å². The molecule has 0 saturated carbocycles. The number of anilines is 1. The first-order chi connectivity index (χ1) is 19.1. The maximum Gasteiger partial charge on any atom is 0.344 e. The zero-order valence-electron chi connectivity index (χ0n) is 22.6. The van der Waals surface area contributed by atoms with Gasteiger partial charge in [0.2, 0.25) is 11.5 Å². The van der Waals surface area contributed by atoms with Crippen LogP contribution in [0.5, 0.6) is 0 Å². The molecule has 9 nitrogen and oxygen atoms in total. The molecule has 0 unspecified atom stereocenters. The van der Waals surface area contributed by atoms with Crippen molar-refractivity contribution < 1.29 is 14.7 Å². The Morgan fingerprint density at radius 2 is 1.77 bits per heavy atom. The van der Waals surface area contributed by atoms with Crippen LogP contribution in [0, 0.1) is 5.41 Å². The zero-order valence-corrected chi connectivity index (χ0v) is 23.4. The number of allylic oxidation sites excluding steroid dienone is 1. The molecule has 2 atom stereocenters. The minimum absolute atomic E-state index is 0.0299. The van der Waals surface area contributed by atoms with Crippen molar-refractivity contribution in [1.82, 2.24) is 19.2 Å². The SMILES string of the molecule is CC1=C(C(=O)O)SCN1[C@@H]1[C@@H](c2ccccc2)N(c2ccc3c(cnn3-c3ccc(=O)n(C)c3)c2)C(=O)C1(C)C. The number of thioether (sulfide) groups is 1. The first-order valence-electron chi connectivity index (χ1n) is 13.0. The highest BCUT2D eigenvalue weighted by atomic mass is 32.2. The van der Waals surface area contributed by atoms with E-state index in [1.165, 1.54) is 22.4 Å². The average Bonchev–Trinajstić information content (AvgIpc) is 3.58. The van der Waals surface area contributed by atoms with E-state index in [1.54, 1.807) is 30.2 Å². The van der Waals surface area contributed by atoms with Crippen molar-refractivity contribution >= 4 is 40.2 Å². The molecular formula is C30H29N5O4S. The Morgan fingerprint density at radius 1 is 1.05 bits per heavy atom. The maximum absolute atomic E-state index is 14.2. The fraction of sp³-hybridized carbons (Fsp3) is 0.267. The smallest absolute Gasteiger partial charge is 0.344 e. The van der Waals surface area contributed by atoms with Crippen LogP contribution in [0.15, 0.2) is 88.5 Å². The van der Waals surface area contributed by atoms with Crippen LogP contribution in [0.3, 0.4) is 0 Å². The Bertz CT molecular complexity index is 1760. The predicted molar refractivity (Wildman–Crippen MR) is 155 cm³/mol. The highest BCUT2D eigenvalue weighted by molar-refractivity contribution is 8.04. The summed E-state index contributed by atoms with van der Waals surface area (Å²) in [6.45, 7) is 5.72. The van der Waals surface area contributed by atoms with Crippen LogP contribution >= 0.6 is 11.8 Å². The molecule has 10 heteroatoms. The molecule has 40 heavy (non-hydrogen) atoms. The van der Waals surface area contributed by atoms with Crippen molar-refractivity contribution in [3.63, 3.8) is 0 Å². The highest BCUT2D eigenvalue weighted by Crippen LogP contribution is 2.52. The first kappa shape index (κ1) is 25.9. The summed E-state index contributed by atoms with van der Waals surface area (Å²) in [6.07, 6.45) is 3.49. The van der Waals surface area contributed by atoms with Gasteiger partial charge in [-0.2, -0.15) is 5.10 Å². The summed E-state index contributed by atoms with van der Waals surface area (Å²) in [5, 5.41) is 15.2. The molecule has 6 rings (SSSR count). The van der Waals surface area contributed by atoms with Crippen LogP contribution < -0.4 is 10.5 Å². The van der Waals surface area contributed by atoms with Crippen molar-refractivity contribution in [2.45, 2.75) is 32.9 Å². The molecular weight excluding hydrogens is 526 g/mol. The lowest BCUT2D eigenvalue weighted by atomic mass is 9.81. The summed E-state index contributed by atoms with van der Waals surface area (Å²) in [4.78, 5) is 42.3. The molecule has 0 spiro atoms. The third-order valence-electron chi connectivity index (χ3n) is 8.01. The van der Waals surface area contributed by atoms with Crippen molar-refractivity contribution in [3.05, 3.63) is 99.6 Å². The van der Waals surface area contributed by atoms with Crippen LogP contribution in [0.2, 0.25) is 0 Å². The number of carbonyl (C=O) groups is 2. The standard InChI is InChI=1S/C30H29N5O4S/c1-18-26(28(37)38)40-17-33(18)27-25(19-8-6-5-7-9-19)34(29(39)30(27,2)3)21-10-12-23-20(14-21)15-31-35(23)22-11-13-24(36)32(4)16-22/h5-16,25,27H,17H2,1-4H3,(H,37,38)/t25-,27-/m1/s1. The Balaban J connectivity index is 1.48. The molecule has 1 fully saturated rings. The number of aromatic nitrogens is 3. The van der Waals surface area contributed by atoms with E-state index in [9.17, 15) is 19.5 Å². The van der Waals surface area contributed by atoms with E-state index in [1.807, 2.05) is 74.2 Å². The lowest BCUT2D eigenvalue weighted by Gasteiger charge is -2.38. The Kier molecular flexibility index (Phi) is 6.10. The number of nitrogens with zero attached hydrogens (tertiary/aromatic N) is 5. The molecule has 0 aliphatic carbocycles. The van der Waals surface area contributed by atoms with Gasteiger partial charge in [-0.3, -0.25) is 9.59 Å². The van der Waals surface area contributed by atoms with Gasteiger partial charge < -0.3 is 19.5 Å². The number of hydrogen-bond acceptors (Lipinski definition) is 6. The largest absolute Gasteiger partial charge is 0.477 e. The third-order valence-corrected chi connectivity index (χ3v) is 9.18. The van der Waals surface area contributed by atoms with Gasteiger partial charge in [0.15, 0.2) is 0 Å². The summed E-state index contributed by atoms with van der Waals surface area (Å²) >= 11 is 1.30. The number of aryl methyl sites for hydroxylation is 1. The van der Waals surface area contributed by atoms with Crippen molar-refractivity contribution in [2.24, 2.45) is 12.5 Å². The van der Waals surface area contributed by atoms with Gasteiger partial charge in [-0.15, -0.1) is 0 Å². The Morgan fingerprint density at radius 3 is 2.45 bits per heavy atom. The number of carboxylic acid groups (broad SMARTS) is 1. The van der Waals surface area contributed by atoms with Crippen LogP contribution in [-0.2, 0) is 16.6 Å². The number of fused-ring (bicyclic) bond motifs is 1. The summed E-state index contributed by atoms with van der Waals surface area (Å²) in [5.74, 6) is -0.504. The quantitative estimate of drug-likeness (QED) is 0.386. The minimum Gasteiger partial charge on any atom is -0.477 e. The maximum atomic E-state index is 14.2. The summed E-state index contributed by atoms with van der Waals surface area (Å²) in [7, 11) is 1.70. The molecule has 4 heterocycles. The van der Waals surface area contributed by atoms with Gasteiger partial charge in [-0.25, -0.2) is 9.48 Å². The lowest BCUT2D eigenvalue weighted by Crippen LogP contribution is -2.44. The molecule has 2 aromatic carbocycles. The predicted octanol–water partition coefficient (Wildman–Crippen LogP) is 4.53. The van der Waals surface area contributed by atoms with Crippen LogP contribution in [0.1, 0.15) is 32.4 Å². The third kappa shape index (κ3) is 3.93. The molecule has 1 amide bonds. The molecule has 204 valence electrons. The number of rotatable bonds is 5. The molecule has 4 aromatic rings. The average molecular weight is 556 g/mol. The second kappa shape index (κ2) is 9.41. The summed E-state index contributed by atoms with van der Waals surface area (Å²) < 4.78 is 3.28. The van der Waals surface area contributed by atoms with E-state index in [2.05, 4.69) is 10.00 Å². The van der Waals surface area contributed by atoms with Gasteiger partial charge >= 0.3 is 5.97 Å². The van der Waals surface area contributed by atoms with Crippen LogP contribution in [-0.4, -0.2) is 48.1 Å². The number of benzene rings is 2. The van der Waals surface area contributed by atoms with Crippen LogP contribution in [0.25, 0.3) is 16.6 Å². The molecule has 0 radical (unpaired) electrons. The number of carbonyl (C=O) groups excluding carboxylic acids is 1. The van der Waals surface area contributed by atoms with Crippen molar-refractivity contribution in [2.75, 3.05) is 10.8 Å². The molecule has 2 aliphatic rings. The zero-order chi connectivity index (χ0) is 28.3. The topological polar surface area (TPSA) is 101 Å². The highest BCUT2D eigenvalue weighted by Gasteiger charge is 2.58. The number of hydrogen-bond donors (Lipinski definition) is 1. The fourth-order valence-electron chi connectivity index (χ4n) is 5.97. The lowest BCUT2D eigenvalue weighted by molar-refractivity contribution is -0.131. The van der Waals surface area contributed by atoms with Crippen LogP contribution in [0.4, 0.5) is 5.69 Å². The van der Waals surface area contributed by atoms with E-state index in [0.29, 0.717) is 16.5 Å². The molecule has 1 N–H and O–H groups in total. The summed E-state index contributed by atoms with van der Waals surface area (Å²) in [5.41, 5.74) is 3.11. The second-order valence-corrected chi connectivity index (χ2v) is 11.8. The molecule has 2 aliphatic heterocycles. The molecule has 0 bridgehead atoms. The molecule has 2 aromatic heterocycles. The Hall–Kier alpha value is -4.31. The van der Waals surface area contributed by atoms with Gasteiger partial charge in [0.1, 0.15) is 4.91 Å². The fourth-order valence-corrected chi connectivity index (χ4v) is 7.04. The minimum atomic E-state index is -0.943. The Labute approximate surface area is 235 Å². The van der Waals surface area contributed by atoms with Gasteiger partial charge in [0.25, 0.3) is 0 Å². The van der Waals surface area contributed by atoms with Gasteiger partial charge in [-0.05, 0) is 50.6 Å².